The maximum atomic E-state index is 10.5. The smallest absolute Gasteiger partial charge is 0.150 e. The fraction of sp³-hybridized carbons (Fsp3) is 0.417. The van der Waals surface area contributed by atoms with E-state index in [4.69, 9.17) is 4.74 Å². The molecule has 0 saturated carbocycles. The Kier molecular flexibility index (Phi) is 2.59. The average Bonchev–Trinajstić information content (AvgIpc) is 2.16. The lowest BCUT2D eigenvalue weighted by atomic mass is 9.86. The maximum absolute atomic E-state index is 10.5. The number of hydrogen-bond donors (Lipinski definition) is 0. The Morgan fingerprint density at radius 3 is 2.20 bits per heavy atom. The van der Waals surface area contributed by atoms with Gasteiger partial charge in [0.15, 0.2) is 0 Å². The molecule has 1 heterocycles. The molecule has 0 N–H and O–H groups in total. The van der Waals surface area contributed by atoms with E-state index in [-0.39, 0.29) is 5.54 Å². The molecule has 80 valence electrons. The molecule has 0 radical (unpaired) electrons. The van der Waals surface area contributed by atoms with Crippen molar-refractivity contribution < 1.29 is 9.53 Å². The third-order valence-corrected chi connectivity index (χ3v) is 3.12. The second kappa shape index (κ2) is 3.76. The first-order valence-electron chi connectivity index (χ1n) is 5.00. The molecule has 0 aromatic heterocycles. The Balaban J connectivity index is 2.31. The van der Waals surface area contributed by atoms with Crippen LogP contribution >= 0.6 is 0 Å². The summed E-state index contributed by atoms with van der Waals surface area (Å²) in [5.41, 5.74) is 1.93. The summed E-state index contributed by atoms with van der Waals surface area (Å²) in [6.45, 7) is 1.45. The molecule has 3 nitrogen and oxygen atoms in total. The average molecular weight is 205 g/mol. The molecule has 15 heavy (non-hydrogen) atoms. The van der Waals surface area contributed by atoms with Gasteiger partial charge in [-0.1, -0.05) is 24.3 Å². The summed E-state index contributed by atoms with van der Waals surface area (Å²) >= 11 is 0. The quantitative estimate of drug-likeness (QED) is 0.696. The van der Waals surface area contributed by atoms with Gasteiger partial charge in [-0.15, -0.1) is 0 Å². The van der Waals surface area contributed by atoms with Crippen molar-refractivity contribution in [3.63, 3.8) is 0 Å². The number of aldehydes is 1. The van der Waals surface area contributed by atoms with Crippen molar-refractivity contribution in [2.45, 2.75) is 5.54 Å². The van der Waals surface area contributed by atoms with E-state index in [0.29, 0.717) is 5.56 Å². The lowest BCUT2D eigenvalue weighted by Gasteiger charge is -2.47. The van der Waals surface area contributed by atoms with Crippen LogP contribution in [0, 0.1) is 0 Å². The normalized spacial score (nSPS) is 18.6. The molecule has 0 spiro atoms. The summed E-state index contributed by atoms with van der Waals surface area (Å²) in [6.07, 6.45) is 0.864. The molecule has 1 aromatic carbocycles. The van der Waals surface area contributed by atoms with Crippen LogP contribution in [0.2, 0.25) is 0 Å². The van der Waals surface area contributed by atoms with Crippen molar-refractivity contribution in [2.24, 2.45) is 0 Å². The van der Waals surface area contributed by atoms with Gasteiger partial charge in [0.2, 0.25) is 0 Å². The highest BCUT2D eigenvalue weighted by Crippen LogP contribution is 2.34. The van der Waals surface area contributed by atoms with Crippen molar-refractivity contribution in [2.75, 3.05) is 27.3 Å². The standard InChI is InChI=1S/C12H15NO2/c1-13(2)12(8-15-9-12)11-5-3-10(7-14)4-6-11/h3-7H,8-9H2,1-2H3. The lowest BCUT2D eigenvalue weighted by molar-refractivity contribution is -0.130. The number of carbonyl (C=O) groups excluding carboxylic acids is 1. The summed E-state index contributed by atoms with van der Waals surface area (Å²) in [5, 5.41) is 0. The van der Waals surface area contributed by atoms with Crippen molar-refractivity contribution in [1.82, 2.24) is 4.90 Å². The fourth-order valence-electron chi connectivity index (χ4n) is 1.85. The monoisotopic (exact) mass is 205 g/mol. The van der Waals surface area contributed by atoms with Gasteiger partial charge in [0, 0.05) is 5.56 Å². The van der Waals surface area contributed by atoms with Crippen LogP contribution in [0.5, 0.6) is 0 Å². The molecule has 0 unspecified atom stereocenters. The maximum Gasteiger partial charge on any atom is 0.150 e. The Labute approximate surface area is 89.7 Å². The molecule has 1 saturated heterocycles. The summed E-state index contributed by atoms with van der Waals surface area (Å²) in [7, 11) is 4.10. The molecule has 0 bridgehead atoms. The van der Waals surface area contributed by atoms with Gasteiger partial charge in [-0.3, -0.25) is 9.69 Å². The molecule has 3 heteroatoms. The van der Waals surface area contributed by atoms with Gasteiger partial charge in [0.25, 0.3) is 0 Å². The number of carbonyl (C=O) groups is 1. The summed E-state index contributed by atoms with van der Waals surface area (Å²) in [6, 6.07) is 7.72. The first-order valence-corrected chi connectivity index (χ1v) is 5.00. The van der Waals surface area contributed by atoms with Crippen LogP contribution in [-0.4, -0.2) is 38.5 Å². The summed E-state index contributed by atoms with van der Waals surface area (Å²) < 4.78 is 5.30. The first kappa shape index (κ1) is 10.3. The van der Waals surface area contributed by atoms with Gasteiger partial charge in [-0.2, -0.15) is 0 Å². The minimum Gasteiger partial charge on any atom is -0.377 e. The van der Waals surface area contributed by atoms with Crippen molar-refractivity contribution >= 4 is 6.29 Å². The minimum absolute atomic E-state index is 0.00140. The zero-order valence-corrected chi connectivity index (χ0v) is 9.06. The SMILES string of the molecule is CN(C)C1(c2ccc(C=O)cc2)COC1. The summed E-state index contributed by atoms with van der Waals surface area (Å²) in [5.74, 6) is 0. The van der Waals surface area contributed by atoms with Crippen LogP contribution < -0.4 is 0 Å². The van der Waals surface area contributed by atoms with E-state index in [1.165, 1.54) is 5.56 Å². The van der Waals surface area contributed by atoms with E-state index in [1.54, 1.807) is 0 Å². The van der Waals surface area contributed by atoms with Crippen LogP contribution in [-0.2, 0) is 10.3 Å². The number of benzene rings is 1. The highest BCUT2D eigenvalue weighted by Gasteiger charge is 2.42. The molecule has 0 atom stereocenters. The van der Waals surface area contributed by atoms with Crippen molar-refractivity contribution in [1.29, 1.82) is 0 Å². The van der Waals surface area contributed by atoms with Crippen LogP contribution in [0.4, 0.5) is 0 Å². The predicted molar refractivity (Wildman–Crippen MR) is 58.0 cm³/mol. The molecule has 1 fully saturated rings. The molecular formula is C12H15NO2. The van der Waals surface area contributed by atoms with Gasteiger partial charge in [0.05, 0.1) is 18.8 Å². The molecular weight excluding hydrogens is 190 g/mol. The molecule has 2 rings (SSSR count). The Hall–Kier alpha value is -1.19. The van der Waals surface area contributed by atoms with E-state index in [9.17, 15) is 4.79 Å². The third-order valence-electron chi connectivity index (χ3n) is 3.12. The second-order valence-electron chi connectivity index (χ2n) is 4.16. The highest BCUT2D eigenvalue weighted by atomic mass is 16.5. The van der Waals surface area contributed by atoms with E-state index < -0.39 is 0 Å². The zero-order valence-electron chi connectivity index (χ0n) is 9.06. The number of likely N-dealkylation sites (N-methyl/N-ethyl adjacent to an activating group) is 1. The van der Waals surface area contributed by atoms with Gasteiger partial charge >= 0.3 is 0 Å². The van der Waals surface area contributed by atoms with E-state index in [0.717, 1.165) is 19.5 Å². The number of ether oxygens (including phenoxy) is 1. The lowest BCUT2D eigenvalue weighted by Crippen LogP contribution is -2.56. The number of nitrogens with zero attached hydrogens (tertiary/aromatic N) is 1. The number of rotatable bonds is 3. The minimum atomic E-state index is 0.00140. The Morgan fingerprint density at radius 2 is 1.87 bits per heavy atom. The largest absolute Gasteiger partial charge is 0.377 e. The van der Waals surface area contributed by atoms with Crippen molar-refractivity contribution in [3.05, 3.63) is 35.4 Å². The van der Waals surface area contributed by atoms with Crippen LogP contribution in [0.15, 0.2) is 24.3 Å². The van der Waals surface area contributed by atoms with Gasteiger partial charge in [0.1, 0.15) is 6.29 Å². The predicted octanol–water partition coefficient (Wildman–Crippen LogP) is 1.29. The van der Waals surface area contributed by atoms with Crippen LogP contribution in [0.3, 0.4) is 0 Å². The fourth-order valence-corrected chi connectivity index (χ4v) is 1.85. The summed E-state index contributed by atoms with van der Waals surface area (Å²) in [4.78, 5) is 12.7. The second-order valence-corrected chi connectivity index (χ2v) is 4.16. The topological polar surface area (TPSA) is 29.5 Å². The first-order chi connectivity index (χ1) is 7.19. The van der Waals surface area contributed by atoms with Gasteiger partial charge in [-0.25, -0.2) is 0 Å². The van der Waals surface area contributed by atoms with E-state index >= 15 is 0 Å². The third kappa shape index (κ3) is 1.58. The van der Waals surface area contributed by atoms with Gasteiger partial charge in [-0.05, 0) is 19.7 Å². The van der Waals surface area contributed by atoms with E-state index in [2.05, 4.69) is 19.0 Å². The van der Waals surface area contributed by atoms with Crippen LogP contribution in [0.25, 0.3) is 0 Å². The van der Waals surface area contributed by atoms with Gasteiger partial charge < -0.3 is 4.74 Å². The number of hydrogen-bond acceptors (Lipinski definition) is 3. The Morgan fingerprint density at radius 1 is 1.27 bits per heavy atom. The highest BCUT2D eigenvalue weighted by molar-refractivity contribution is 5.74. The van der Waals surface area contributed by atoms with Crippen LogP contribution in [0.1, 0.15) is 15.9 Å². The van der Waals surface area contributed by atoms with E-state index in [1.807, 2.05) is 24.3 Å². The molecule has 1 aliphatic heterocycles. The molecule has 1 aliphatic rings. The zero-order chi connectivity index (χ0) is 10.9. The Bertz CT molecular complexity index is 352. The molecule has 0 amide bonds. The molecule has 0 aliphatic carbocycles. The molecule has 1 aromatic rings. The van der Waals surface area contributed by atoms with Crippen molar-refractivity contribution in [3.8, 4) is 0 Å².